The van der Waals surface area contributed by atoms with Gasteiger partial charge in [0.1, 0.15) is 0 Å². The summed E-state index contributed by atoms with van der Waals surface area (Å²) in [6, 6.07) is 11.5. The smallest absolute Gasteiger partial charge is 0.391 e. The largest absolute Gasteiger partial charge is 0.417 e. The fourth-order valence-corrected chi connectivity index (χ4v) is 3.19. The van der Waals surface area contributed by atoms with Gasteiger partial charge >= 0.3 is 18.0 Å². The number of aliphatic hydroxyl groups excluding tert-OH is 1. The molecule has 148 valence electrons. The molecule has 0 bridgehead atoms. The molecule has 2 aromatic rings. The maximum atomic E-state index is 13.5. The monoisotopic (exact) mass is 392 g/mol. The number of carbonyl (C=O) groups excluding carboxylic acids is 2. The number of aliphatic hydroxyl groups is 1. The van der Waals surface area contributed by atoms with Crippen LogP contribution in [0.4, 0.5) is 18.9 Å². The second kappa shape index (κ2) is 8.02. The van der Waals surface area contributed by atoms with E-state index in [-0.39, 0.29) is 17.8 Å². The van der Waals surface area contributed by atoms with E-state index >= 15 is 0 Å². The van der Waals surface area contributed by atoms with Crippen molar-refractivity contribution in [2.24, 2.45) is 0 Å². The highest BCUT2D eigenvalue weighted by molar-refractivity contribution is 6.39. The maximum absolute atomic E-state index is 13.5. The van der Waals surface area contributed by atoms with E-state index in [1.54, 1.807) is 30.3 Å². The van der Waals surface area contributed by atoms with Crippen LogP contribution in [0.2, 0.25) is 0 Å². The average molecular weight is 392 g/mol. The molecule has 0 spiro atoms. The second-order valence-corrected chi connectivity index (χ2v) is 6.63. The number of likely N-dealkylation sites (tertiary alicyclic amines) is 1. The van der Waals surface area contributed by atoms with E-state index in [0.29, 0.717) is 24.9 Å². The lowest BCUT2D eigenvalue weighted by Crippen LogP contribution is -2.46. The third-order valence-corrected chi connectivity index (χ3v) is 4.55. The van der Waals surface area contributed by atoms with Crippen LogP contribution in [0.3, 0.4) is 0 Å². The van der Waals surface area contributed by atoms with Gasteiger partial charge in [-0.05, 0) is 36.1 Å². The summed E-state index contributed by atoms with van der Waals surface area (Å²) in [5, 5.41) is 11.8. The zero-order valence-corrected chi connectivity index (χ0v) is 14.9. The molecule has 28 heavy (non-hydrogen) atoms. The van der Waals surface area contributed by atoms with Crippen molar-refractivity contribution in [1.29, 1.82) is 0 Å². The number of β-amino-alcohol motifs (C(OH)–C–C–N with tert-alkyl or cyclic N) is 1. The summed E-state index contributed by atoms with van der Waals surface area (Å²) in [7, 11) is 0. The van der Waals surface area contributed by atoms with Gasteiger partial charge in [0.25, 0.3) is 0 Å². The number of halogens is 3. The van der Waals surface area contributed by atoms with Gasteiger partial charge < -0.3 is 15.3 Å². The lowest BCUT2D eigenvalue weighted by Gasteiger charge is -2.29. The predicted molar refractivity (Wildman–Crippen MR) is 97.3 cm³/mol. The van der Waals surface area contributed by atoms with Gasteiger partial charge in [0.05, 0.1) is 11.7 Å². The fraction of sp³-hybridized carbons (Fsp3) is 0.300. The first-order chi connectivity index (χ1) is 13.3. The maximum Gasteiger partial charge on any atom is 0.417 e. The van der Waals surface area contributed by atoms with Crippen molar-refractivity contribution in [2.75, 3.05) is 18.4 Å². The summed E-state index contributed by atoms with van der Waals surface area (Å²) in [6.07, 6.45) is -4.23. The molecule has 0 unspecified atom stereocenters. The van der Waals surface area contributed by atoms with Crippen molar-refractivity contribution >= 4 is 17.5 Å². The Bertz CT molecular complexity index is 869. The third kappa shape index (κ3) is 4.51. The normalized spacial score (nSPS) is 17.3. The molecule has 2 amide bonds. The van der Waals surface area contributed by atoms with E-state index in [0.717, 1.165) is 6.07 Å². The van der Waals surface area contributed by atoms with Crippen molar-refractivity contribution in [2.45, 2.75) is 25.1 Å². The molecule has 5 nitrogen and oxygen atoms in total. The molecule has 1 saturated heterocycles. The molecule has 1 aliphatic rings. The van der Waals surface area contributed by atoms with E-state index in [1.165, 1.54) is 17.0 Å². The number of hydrogen-bond donors (Lipinski definition) is 2. The van der Waals surface area contributed by atoms with Crippen molar-refractivity contribution in [1.82, 2.24) is 4.90 Å². The molecular formula is C20H19F3N2O3. The van der Waals surface area contributed by atoms with Gasteiger partial charge in [0, 0.05) is 18.8 Å². The van der Waals surface area contributed by atoms with Crippen molar-refractivity contribution in [3.63, 3.8) is 0 Å². The van der Waals surface area contributed by atoms with Crippen molar-refractivity contribution in [3.05, 3.63) is 54.1 Å². The Balaban J connectivity index is 1.83. The molecule has 0 radical (unpaired) electrons. The number of rotatable bonds is 2. The highest BCUT2D eigenvalue weighted by Crippen LogP contribution is 2.38. The highest BCUT2D eigenvalue weighted by atomic mass is 19.4. The van der Waals surface area contributed by atoms with Crippen molar-refractivity contribution < 1.29 is 27.9 Å². The van der Waals surface area contributed by atoms with Crippen LogP contribution in [-0.2, 0) is 15.8 Å². The minimum absolute atomic E-state index is 0.0171. The van der Waals surface area contributed by atoms with Gasteiger partial charge in [-0.1, -0.05) is 36.4 Å². The molecule has 1 aliphatic heterocycles. The summed E-state index contributed by atoms with van der Waals surface area (Å²) < 4.78 is 40.6. The van der Waals surface area contributed by atoms with E-state index in [9.17, 15) is 27.9 Å². The Hall–Kier alpha value is -2.87. The SMILES string of the molecule is O=C(Nc1ccc(-c2ccccc2)c(C(F)(F)F)c1)C(=O)N1CCC[C@@H](O)C1. The molecule has 1 atom stereocenters. The van der Waals surface area contributed by atoms with E-state index in [1.807, 2.05) is 0 Å². The second-order valence-electron chi connectivity index (χ2n) is 6.63. The lowest BCUT2D eigenvalue weighted by atomic mass is 9.98. The number of alkyl halides is 3. The number of hydrogen-bond acceptors (Lipinski definition) is 3. The van der Waals surface area contributed by atoms with Gasteiger partial charge in [-0.2, -0.15) is 13.2 Å². The molecule has 1 fully saturated rings. The van der Waals surface area contributed by atoms with Crippen LogP contribution in [0, 0.1) is 0 Å². The van der Waals surface area contributed by atoms with Gasteiger partial charge in [-0.25, -0.2) is 0 Å². The van der Waals surface area contributed by atoms with Crippen molar-refractivity contribution in [3.8, 4) is 11.1 Å². The number of amides is 2. The molecule has 2 N–H and O–H groups in total. The van der Waals surface area contributed by atoms with E-state index in [4.69, 9.17) is 0 Å². The van der Waals surface area contributed by atoms with Gasteiger partial charge in [-0.3, -0.25) is 9.59 Å². The molecule has 0 aliphatic carbocycles. The predicted octanol–water partition coefficient (Wildman–Crippen LogP) is 3.29. The van der Waals surface area contributed by atoms with E-state index < -0.39 is 29.7 Å². The van der Waals surface area contributed by atoms with Crippen LogP contribution in [-0.4, -0.2) is 41.0 Å². The fourth-order valence-electron chi connectivity index (χ4n) is 3.19. The molecule has 0 aromatic heterocycles. The number of nitrogens with zero attached hydrogens (tertiary/aromatic N) is 1. The van der Waals surface area contributed by atoms with Crippen LogP contribution in [0.5, 0.6) is 0 Å². The number of anilines is 1. The Morgan fingerprint density at radius 2 is 1.82 bits per heavy atom. The van der Waals surface area contributed by atoms with Gasteiger partial charge in [-0.15, -0.1) is 0 Å². The number of carbonyl (C=O) groups is 2. The van der Waals surface area contributed by atoms with Crippen LogP contribution in [0.1, 0.15) is 18.4 Å². The number of benzene rings is 2. The number of piperidine rings is 1. The minimum atomic E-state index is -4.63. The average Bonchev–Trinajstić information content (AvgIpc) is 2.67. The summed E-state index contributed by atoms with van der Waals surface area (Å²) in [4.78, 5) is 25.6. The molecule has 0 saturated carbocycles. The number of nitrogens with one attached hydrogen (secondary N) is 1. The standard InChI is InChI=1S/C20H19F3N2O3/c21-20(22,23)17-11-14(8-9-16(17)13-5-2-1-3-6-13)24-18(27)19(28)25-10-4-7-15(26)12-25/h1-3,5-6,8-9,11,15,26H,4,7,10,12H2,(H,24,27)/t15-/m1/s1. The first-order valence-electron chi connectivity index (χ1n) is 8.80. The quantitative estimate of drug-likeness (QED) is 0.771. The van der Waals surface area contributed by atoms with Gasteiger partial charge in [0.2, 0.25) is 0 Å². The first-order valence-corrected chi connectivity index (χ1v) is 8.80. The van der Waals surface area contributed by atoms with Crippen LogP contribution in [0.15, 0.2) is 48.5 Å². The zero-order valence-electron chi connectivity index (χ0n) is 14.9. The topological polar surface area (TPSA) is 69.6 Å². The first kappa shape index (κ1) is 19.9. The van der Waals surface area contributed by atoms with Gasteiger partial charge in [0.15, 0.2) is 0 Å². The van der Waals surface area contributed by atoms with E-state index in [2.05, 4.69) is 5.32 Å². The van der Waals surface area contributed by atoms with Crippen LogP contribution < -0.4 is 5.32 Å². The molecule has 1 heterocycles. The van der Waals surface area contributed by atoms with Crippen LogP contribution in [0.25, 0.3) is 11.1 Å². The molecule has 2 aromatic carbocycles. The molecular weight excluding hydrogens is 373 g/mol. The minimum Gasteiger partial charge on any atom is -0.391 e. The summed E-state index contributed by atoms with van der Waals surface area (Å²) in [5.41, 5.74) is -0.650. The molecule has 3 rings (SSSR count). The van der Waals surface area contributed by atoms with Crippen LogP contribution >= 0.6 is 0 Å². The summed E-state index contributed by atoms with van der Waals surface area (Å²) in [6.45, 7) is 0.358. The lowest BCUT2D eigenvalue weighted by molar-refractivity contribution is -0.145. The highest BCUT2D eigenvalue weighted by Gasteiger charge is 2.34. The Labute approximate surface area is 159 Å². The molecule has 8 heteroatoms. The third-order valence-electron chi connectivity index (χ3n) is 4.55. The zero-order chi connectivity index (χ0) is 20.3. The summed E-state index contributed by atoms with van der Waals surface area (Å²) in [5.74, 6) is -1.91. The Kier molecular flexibility index (Phi) is 5.69. The summed E-state index contributed by atoms with van der Waals surface area (Å²) >= 11 is 0. The Morgan fingerprint density at radius 3 is 2.46 bits per heavy atom. The Morgan fingerprint density at radius 1 is 1.11 bits per heavy atom.